The lowest BCUT2D eigenvalue weighted by atomic mass is 9.84. The monoisotopic (exact) mass is 505 g/mol. The average molecular weight is 506 g/mol. The molecule has 2 saturated heterocycles. The Hall–Kier alpha value is -3.32. The third-order valence-electron chi connectivity index (χ3n) is 8.12. The molecule has 0 bridgehead atoms. The molecule has 0 unspecified atom stereocenters. The summed E-state index contributed by atoms with van der Waals surface area (Å²) in [4.78, 5) is 45.1. The Bertz CT molecular complexity index is 1270. The van der Waals surface area contributed by atoms with Gasteiger partial charge in [-0.25, -0.2) is 0 Å². The van der Waals surface area contributed by atoms with E-state index in [1.807, 2.05) is 41.4 Å². The highest BCUT2D eigenvalue weighted by atomic mass is 35.5. The fraction of sp³-hybridized carbons (Fsp3) is 0.393. The third kappa shape index (κ3) is 3.52. The molecule has 2 aromatic rings. The zero-order valence-electron chi connectivity index (χ0n) is 20.0. The predicted molar refractivity (Wildman–Crippen MR) is 136 cm³/mol. The van der Waals surface area contributed by atoms with Gasteiger partial charge < -0.3 is 15.0 Å². The molecule has 186 valence electrons. The molecule has 3 heterocycles. The number of hydrogen-bond donors (Lipinski definition) is 1. The van der Waals surface area contributed by atoms with Crippen molar-refractivity contribution in [2.45, 2.75) is 50.2 Å². The summed E-state index contributed by atoms with van der Waals surface area (Å²) in [7, 11) is 1.52. The van der Waals surface area contributed by atoms with Crippen molar-refractivity contribution in [1.29, 1.82) is 0 Å². The molecule has 0 radical (unpaired) electrons. The first-order chi connectivity index (χ1) is 17.5. The molecule has 1 aliphatic carbocycles. The van der Waals surface area contributed by atoms with Crippen LogP contribution >= 0.6 is 11.6 Å². The van der Waals surface area contributed by atoms with Gasteiger partial charge in [-0.2, -0.15) is 0 Å². The van der Waals surface area contributed by atoms with Gasteiger partial charge in [0.2, 0.25) is 17.7 Å². The lowest BCUT2D eigenvalue weighted by Gasteiger charge is -2.37. The van der Waals surface area contributed by atoms with Crippen LogP contribution in [-0.2, 0) is 14.4 Å². The summed E-state index contributed by atoms with van der Waals surface area (Å²) in [6, 6.07) is 11.6. The summed E-state index contributed by atoms with van der Waals surface area (Å²) >= 11 is 6.19. The van der Waals surface area contributed by atoms with E-state index in [1.54, 1.807) is 18.2 Å². The minimum Gasteiger partial charge on any atom is -0.495 e. The van der Waals surface area contributed by atoms with Crippen LogP contribution in [0.5, 0.6) is 5.75 Å². The minimum absolute atomic E-state index is 0.0797. The zero-order chi connectivity index (χ0) is 25.0. The van der Waals surface area contributed by atoms with Crippen molar-refractivity contribution in [2.24, 2.45) is 11.8 Å². The summed E-state index contributed by atoms with van der Waals surface area (Å²) in [6.45, 7) is 0. The number of nitrogens with one attached hydrogen (secondary N) is 1. The van der Waals surface area contributed by atoms with Gasteiger partial charge in [-0.05, 0) is 48.2 Å². The minimum atomic E-state index is -0.835. The van der Waals surface area contributed by atoms with Crippen LogP contribution in [0.15, 0.2) is 48.7 Å². The van der Waals surface area contributed by atoms with Gasteiger partial charge in [0.1, 0.15) is 11.8 Å². The van der Waals surface area contributed by atoms with Gasteiger partial charge in [0, 0.05) is 17.3 Å². The van der Waals surface area contributed by atoms with Gasteiger partial charge in [0.25, 0.3) is 0 Å². The molecule has 7 nitrogen and oxygen atoms in total. The molecule has 4 aliphatic rings. The number of hydrogen-bond acceptors (Lipinski definition) is 5. The smallest absolute Gasteiger partial charge is 0.248 e. The Balaban J connectivity index is 1.41. The first-order valence-corrected chi connectivity index (χ1v) is 12.9. The van der Waals surface area contributed by atoms with Crippen LogP contribution in [-0.4, -0.2) is 46.7 Å². The van der Waals surface area contributed by atoms with Crippen molar-refractivity contribution < 1.29 is 19.1 Å². The first-order valence-electron chi connectivity index (χ1n) is 12.6. The van der Waals surface area contributed by atoms with Crippen LogP contribution in [0.4, 0.5) is 5.69 Å². The number of anilines is 1. The topological polar surface area (TPSA) is 79.0 Å². The highest BCUT2D eigenvalue weighted by molar-refractivity contribution is 6.31. The molecule has 1 saturated carbocycles. The number of halogens is 1. The highest BCUT2D eigenvalue weighted by Crippen LogP contribution is 2.53. The molecule has 1 N–H and O–H groups in total. The van der Waals surface area contributed by atoms with Gasteiger partial charge in [-0.3, -0.25) is 19.3 Å². The number of likely N-dealkylation sites (tertiary alicyclic amines) is 1. The van der Waals surface area contributed by atoms with E-state index in [4.69, 9.17) is 16.3 Å². The Morgan fingerprint density at radius 2 is 1.78 bits per heavy atom. The van der Waals surface area contributed by atoms with Crippen LogP contribution < -0.4 is 10.1 Å². The number of imide groups is 1. The number of rotatable bonds is 4. The van der Waals surface area contributed by atoms with Gasteiger partial charge in [0.05, 0.1) is 30.7 Å². The molecule has 4 atom stereocenters. The van der Waals surface area contributed by atoms with Crippen LogP contribution in [0.25, 0.3) is 6.08 Å². The van der Waals surface area contributed by atoms with Gasteiger partial charge in [-0.1, -0.05) is 55.1 Å². The number of amides is 3. The second-order valence-electron chi connectivity index (χ2n) is 10.0. The molecule has 0 spiro atoms. The average Bonchev–Trinajstić information content (AvgIpc) is 3.37. The van der Waals surface area contributed by atoms with Crippen molar-refractivity contribution >= 4 is 41.1 Å². The van der Waals surface area contributed by atoms with Crippen molar-refractivity contribution in [3.05, 3.63) is 64.8 Å². The van der Waals surface area contributed by atoms with Gasteiger partial charge in [-0.15, -0.1) is 0 Å². The van der Waals surface area contributed by atoms with E-state index in [0.717, 1.165) is 43.2 Å². The van der Waals surface area contributed by atoms with E-state index >= 15 is 0 Å². The molecule has 0 aromatic heterocycles. The van der Waals surface area contributed by atoms with Crippen LogP contribution in [0, 0.1) is 11.8 Å². The summed E-state index contributed by atoms with van der Waals surface area (Å²) in [6.07, 6.45) is 8.61. The second kappa shape index (κ2) is 8.96. The Kier molecular flexibility index (Phi) is 5.75. The van der Waals surface area contributed by atoms with Gasteiger partial charge >= 0.3 is 0 Å². The Morgan fingerprint density at radius 1 is 1.03 bits per heavy atom. The maximum atomic E-state index is 13.9. The summed E-state index contributed by atoms with van der Waals surface area (Å²) in [5.41, 5.74) is 2.40. The molecule has 8 heteroatoms. The maximum Gasteiger partial charge on any atom is 0.248 e. The normalized spacial score (nSPS) is 27.1. The fourth-order valence-corrected chi connectivity index (χ4v) is 6.74. The number of carbonyl (C=O) groups excluding carboxylic acids is 3. The summed E-state index contributed by atoms with van der Waals surface area (Å²) < 4.78 is 5.41. The predicted octanol–water partition coefficient (Wildman–Crippen LogP) is 4.63. The standard InChI is InChI=1S/C28H28ClN3O4/c1-36-21-12-11-17(29)15-20(21)30-26(33)25-23-22(24-19-10-6-5-7-16(19)13-14-31(24)25)27(34)32(28(23)35)18-8-3-2-4-9-18/h5-7,10-15,18,22-25H,2-4,8-9H2,1H3,(H,30,33)/t22-,23+,24+,25-/m0/s1. The van der Waals surface area contributed by atoms with Crippen LogP contribution in [0.3, 0.4) is 0 Å². The van der Waals surface area contributed by atoms with Crippen LogP contribution in [0.1, 0.15) is 49.3 Å². The molecule has 6 rings (SSSR count). The molecule has 36 heavy (non-hydrogen) atoms. The Morgan fingerprint density at radius 3 is 2.56 bits per heavy atom. The van der Waals surface area contributed by atoms with Crippen molar-refractivity contribution in [1.82, 2.24) is 9.80 Å². The number of carbonyl (C=O) groups is 3. The van der Waals surface area contributed by atoms with Crippen molar-refractivity contribution in [3.8, 4) is 5.75 Å². The summed E-state index contributed by atoms with van der Waals surface area (Å²) in [5, 5.41) is 3.39. The molecule has 3 aliphatic heterocycles. The third-order valence-corrected chi connectivity index (χ3v) is 8.36. The molecule has 3 fully saturated rings. The van der Waals surface area contributed by atoms with E-state index in [1.165, 1.54) is 12.0 Å². The molecule has 2 aromatic carbocycles. The molecule has 3 amide bonds. The lowest BCUT2D eigenvalue weighted by Crippen LogP contribution is -2.49. The van der Waals surface area contributed by atoms with E-state index in [2.05, 4.69) is 5.32 Å². The number of fused-ring (bicyclic) bond motifs is 5. The van der Waals surface area contributed by atoms with E-state index in [-0.39, 0.29) is 29.8 Å². The van der Waals surface area contributed by atoms with Crippen LogP contribution in [0.2, 0.25) is 5.02 Å². The van der Waals surface area contributed by atoms with Gasteiger partial charge in [0.15, 0.2) is 0 Å². The molecular formula is C28H28ClN3O4. The van der Waals surface area contributed by atoms with Crippen molar-refractivity contribution in [2.75, 3.05) is 12.4 Å². The molecular weight excluding hydrogens is 478 g/mol. The number of methoxy groups -OCH3 is 1. The fourth-order valence-electron chi connectivity index (χ4n) is 6.56. The first kappa shape index (κ1) is 23.1. The van der Waals surface area contributed by atoms with E-state index in [9.17, 15) is 14.4 Å². The second-order valence-corrected chi connectivity index (χ2v) is 10.4. The number of ether oxygens (including phenoxy) is 1. The lowest BCUT2D eigenvalue weighted by molar-refractivity contribution is -0.146. The zero-order valence-corrected chi connectivity index (χ0v) is 20.8. The van der Waals surface area contributed by atoms with E-state index < -0.39 is 17.9 Å². The van der Waals surface area contributed by atoms with Crippen molar-refractivity contribution in [3.63, 3.8) is 0 Å². The highest BCUT2D eigenvalue weighted by Gasteiger charge is 2.65. The number of nitrogens with zero attached hydrogens (tertiary/aromatic N) is 2. The largest absolute Gasteiger partial charge is 0.495 e. The summed E-state index contributed by atoms with van der Waals surface area (Å²) in [5.74, 6) is -1.63. The Labute approximate surface area is 215 Å². The van der Waals surface area contributed by atoms with E-state index in [0.29, 0.717) is 16.5 Å². The maximum absolute atomic E-state index is 13.9. The number of benzene rings is 2. The SMILES string of the molecule is COc1ccc(Cl)cc1NC(=O)[C@@H]1[C@@H]2C(=O)N(C3CCCCC3)C(=O)[C@@H]2[C@H]2c3ccccc3C=CN12. The quantitative estimate of drug-likeness (QED) is 0.613.